The number of amidine groups is 1. The zero-order valence-corrected chi connectivity index (χ0v) is 10.7. The molecular weight excluding hydrogens is 228 g/mol. The highest BCUT2D eigenvalue weighted by molar-refractivity contribution is 7.88. The van der Waals surface area contributed by atoms with Crippen LogP contribution in [-0.2, 0) is 10.0 Å². The van der Waals surface area contributed by atoms with Crippen LogP contribution in [-0.4, -0.2) is 39.6 Å². The van der Waals surface area contributed by atoms with Crippen molar-refractivity contribution in [3.8, 4) is 0 Å². The molecule has 0 heterocycles. The summed E-state index contributed by atoms with van der Waals surface area (Å²) >= 11 is 0. The number of hydrogen-bond acceptors (Lipinski definition) is 4. The molecule has 0 saturated heterocycles. The number of rotatable bonds is 8. The van der Waals surface area contributed by atoms with Crippen molar-refractivity contribution < 1.29 is 8.42 Å². The van der Waals surface area contributed by atoms with E-state index in [1.54, 1.807) is 6.92 Å². The van der Waals surface area contributed by atoms with Crippen molar-refractivity contribution in [2.24, 2.45) is 5.73 Å². The van der Waals surface area contributed by atoms with Crippen LogP contribution < -0.4 is 15.8 Å². The molecule has 5 N–H and O–H groups in total. The van der Waals surface area contributed by atoms with E-state index in [1.807, 2.05) is 0 Å². The molecule has 0 spiro atoms. The van der Waals surface area contributed by atoms with Crippen molar-refractivity contribution in [2.45, 2.75) is 32.2 Å². The lowest BCUT2D eigenvalue weighted by Crippen LogP contribution is -2.36. The predicted molar refractivity (Wildman–Crippen MR) is 66.1 cm³/mol. The van der Waals surface area contributed by atoms with Gasteiger partial charge < -0.3 is 11.1 Å². The zero-order chi connectivity index (χ0) is 12.6. The van der Waals surface area contributed by atoms with Gasteiger partial charge in [0.25, 0.3) is 0 Å². The second-order valence-electron chi connectivity index (χ2n) is 3.93. The van der Waals surface area contributed by atoms with E-state index in [9.17, 15) is 8.42 Å². The molecule has 0 unspecified atom stereocenters. The van der Waals surface area contributed by atoms with E-state index in [-0.39, 0.29) is 12.6 Å². The Labute approximate surface area is 97.5 Å². The lowest BCUT2D eigenvalue weighted by Gasteiger charge is -2.11. The van der Waals surface area contributed by atoms with Crippen LogP contribution in [0.1, 0.15) is 26.2 Å². The minimum atomic E-state index is -3.14. The molecule has 0 aliphatic carbocycles. The second kappa shape index (κ2) is 7.59. The quantitative estimate of drug-likeness (QED) is 0.267. The average molecular weight is 250 g/mol. The standard InChI is InChI=1S/C9H22N4O2S/c1-8(10)12-6-4-3-5-9(11)7-13-16(2,14)15/h9,13H,3-7,11H2,1-2H3,(H2,10,12)/t9-/m0/s1. The third-order valence-electron chi connectivity index (χ3n) is 2.00. The van der Waals surface area contributed by atoms with E-state index in [4.69, 9.17) is 11.1 Å². The average Bonchev–Trinajstić information content (AvgIpc) is 2.12. The van der Waals surface area contributed by atoms with Crippen molar-refractivity contribution in [3.05, 3.63) is 0 Å². The first kappa shape index (κ1) is 15.3. The van der Waals surface area contributed by atoms with Crippen LogP contribution in [0, 0.1) is 5.41 Å². The fourth-order valence-corrected chi connectivity index (χ4v) is 1.68. The molecule has 0 aromatic carbocycles. The van der Waals surface area contributed by atoms with Crippen LogP contribution in [0.2, 0.25) is 0 Å². The number of hydrogen-bond donors (Lipinski definition) is 4. The SMILES string of the molecule is CC(=N)NCCCC[C@H](N)CNS(C)(=O)=O. The normalized spacial score (nSPS) is 13.4. The molecule has 1 atom stereocenters. The number of nitrogens with one attached hydrogen (secondary N) is 3. The summed E-state index contributed by atoms with van der Waals surface area (Å²) in [7, 11) is -3.14. The van der Waals surface area contributed by atoms with Crippen LogP contribution in [0.4, 0.5) is 0 Å². The molecule has 0 aliphatic rings. The van der Waals surface area contributed by atoms with Crippen molar-refractivity contribution in [2.75, 3.05) is 19.3 Å². The summed E-state index contributed by atoms with van der Waals surface area (Å²) in [5.41, 5.74) is 5.73. The molecule has 0 saturated carbocycles. The van der Waals surface area contributed by atoms with Gasteiger partial charge in [0.15, 0.2) is 0 Å². The van der Waals surface area contributed by atoms with E-state index < -0.39 is 10.0 Å². The fourth-order valence-electron chi connectivity index (χ4n) is 1.17. The number of sulfonamides is 1. The minimum Gasteiger partial charge on any atom is -0.374 e. The maximum absolute atomic E-state index is 10.8. The zero-order valence-electron chi connectivity index (χ0n) is 9.91. The van der Waals surface area contributed by atoms with Gasteiger partial charge in [0.1, 0.15) is 0 Å². The van der Waals surface area contributed by atoms with Gasteiger partial charge in [-0.3, -0.25) is 5.41 Å². The molecule has 0 rings (SSSR count). The van der Waals surface area contributed by atoms with Crippen molar-refractivity contribution >= 4 is 15.9 Å². The lowest BCUT2D eigenvalue weighted by atomic mass is 10.1. The summed E-state index contributed by atoms with van der Waals surface area (Å²) in [6.45, 7) is 2.75. The topological polar surface area (TPSA) is 108 Å². The molecule has 0 aliphatic heterocycles. The largest absolute Gasteiger partial charge is 0.374 e. The highest BCUT2D eigenvalue weighted by Crippen LogP contribution is 1.97. The summed E-state index contributed by atoms with van der Waals surface area (Å²) < 4.78 is 24.0. The van der Waals surface area contributed by atoms with Gasteiger partial charge in [-0.1, -0.05) is 6.42 Å². The summed E-state index contributed by atoms with van der Waals surface area (Å²) in [5, 5.41) is 10.0. The van der Waals surface area contributed by atoms with Crippen molar-refractivity contribution in [1.29, 1.82) is 5.41 Å². The Morgan fingerprint density at radius 1 is 1.44 bits per heavy atom. The Kier molecular flexibility index (Phi) is 7.27. The van der Waals surface area contributed by atoms with Crippen LogP contribution in [0.3, 0.4) is 0 Å². The first-order chi connectivity index (χ1) is 7.31. The van der Waals surface area contributed by atoms with Crippen LogP contribution >= 0.6 is 0 Å². The fraction of sp³-hybridized carbons (Fsp3) is 0.889. The van der Waals surface area contributed by atoms with Crippen LogP contribution in [0.5, 0.6) is 0 Å². The van der Waals surface area contributed by atoms with Crippen LogP contribution in [0.25, 0.3) is 0 Å². The molecule has 0 radical (unpaired) electrons. The van der Waals surface area contributed by atoms with Gasteiger partial charge in [0, 0.05) is 19.1 Å². The van der Waals surface area contributed by atoms with Gasteiger partial charge in [0.05, 0.1) is 12.1 Å². The minimum absolute atomic E-state index is 0.143. The Balaban J connectivity index is 3.44. The maximum atomic E-state index is 10.8. The summed E-state index contributed by atoms with van der Waals surface area (Å²) in [6, 6.07) is -0.143. The van der Waals surface area contributed by atoms with Gasteiger partial charge in [0.2, 0.25) is 10.0 Å². The van der Waals surface area contributed by atoms with Crippen LogP contribution in [0.15, 0.2) is 0 Å². The Hall–Kier alpha value is -0.660. The molecule has 0 bridgehead atoms. The lowest BCUT2D eigenvalue weighted by molar-refractivity contribution is 0.537. The molecule has 7 heteroatoms. The molecular formula is C9H22N4O2S. The van der Waals surface area contributed by atoms with E-state index in [2.05, 4.69) is 10.0 Å². The van der Waals surface area contributed by atoms with Crippen molar-refractivity contribution in [1.82, 2.24) is 10.0 Å². The first-order valence-electron chi connectivity index (χ1n) is 5.30. The smallest absolute Gasteiger partial charge is 0.208 e. The van der Waals surface area contributed by atoms with E-state index in [1.165, 1.54) is 0 Å². The summed E-state index contributed by atoms with van der Waals surface area (Å²) in [4.78, 5) is 0. The Morgan fingerprint density at radius 2 is 2.06 bits per heavy atom. The van der Waals surface area contributed by atoms with Gasteiger partial charge >= 0.3 is 0 Å². The molecule has 0 fully saturated rings. The highest BCUT2D eigenvalue weighted by Gasteiger charge is 2.06. The molecule has 6 nitrogen and oxygen atoms in total. The van der Waals surface area contributed by atoms with Gasteiger partial charge in [-0.2, -0.15) is 0 Å². The van der Waals surface area contributed by atoms with E-state index in [0.717, 1.165) is 32.1 Å². The summed E-state index contributed by atoms with van der Waals surface area (Å²) in [5.74, 6) is 0.461. The highest BCUT2D eigenvalue weighted by atomic mass is 32.2. The predicted octanol–water partition coefficient (Wildman–Crippen LogP) is -0.380. The van der Waals surface area contributed by atoms with Gasteiger partial charge in [-0.15, -0.1) is 0 Å². The number of nitrogens with two attached hydrogens (primary N) is 1. The second-order valence-corrected chi connectivity index (χ2v) is 5.76. The number of unbranched alkanes of at least 4 members (excludes halogenated alkanes) is 1. The maximum Gasteiger partial charge on any atom is 0.208 e. The summed E-state index contributed by atoms with van der Waals surface area (Å²) in [6.07, 6.45) is 3.76. The third-order valence-corrected chi connectivity index (χ3v) is 2.69. The Morgan fingerprint density at radius 3 is 2.56 bits per heavy atom. The van der Waals surface area contributed by atoms with Crippen molar-refractivity contribution in [3.63, 3.8) is 0 Å². The monoisotopic (exact) mass is 250 g/mol. The van der Waals surface area contributed by atoms with Gasteiger partial charge in [-0.25, -0.2) is 13.1 Å². The molecule has 96 valence electrons. The first-order valence-corrected chi connectivity index (χ1v) is 7.19. The van der Waals surface area contributed by atoms with E-state index in [0.29, 0.717) is 5.84 Å². The van der Waals surface area contributed by atoms with Gasteiger partial charge in [-0.05, 0) is 19.8 Å². The Bertz CT molecular complexity index is 303. The van der Waals surface area contributed by atoms with E-state index >= 15 is 0 Å². The third kappa shape index (κ3) is 11.4. The molecule has 0 amide bonds. The molecule has 0 aromatic heterocycles. The molecule has 0 aromatic rings. The molecule has 16 heavy (non-hydrogen) atoms.